The molecule has 1 aromatic rings. The summed E-state index contributed by atoms with van der Waals surface area (Å²) in [5.74, 6) is -0.605. The van der Waals surface area contributed by atoms with Crippen molar-refractivity contribution in [2.24, 2.45) is 0 Å². The average Bonchev–Trinajstić information content (AvgIpc) is 2.01. The lowest BCUT2D eigenvalue weighted by atomic mass is 10.1. The first-order valence-corrected chi connectivity index (χ1v) is 4.14. The van der Waals surface area contributed by atoms with Crippen molar-refractivity contribution in [1.29, 1.82) is 0 Å². The van der Waals surface area contributed by atoms with E-state index in [-0.39, 0.29) is 16.3 Å². The number of hydrogen-bond donors (Lipinski definition) is 0. The van der Waals surface area contributed by atoms with E-state index in [4.69, 9.17) is 11.6 Å². The van der Waals surface area contributed by atoms with Crippen molar-refractivity contribution in [3.63, 3.8) is 0 Å². The van der Waals surface area contributed by atoms with Crippen molar-refractivity contribution in [2.45, 2.75) is 13.5 Å². The molecule has 0 fully saturated rings. The topological polar surface area (TPSA) is 26.3 Å². The Morgan fingerprint density at radius 1 is 1.50 bits per heavy atom. The summed E-state index contributed by atoms with van der Waals surface area (Å²) in [5.41, 5.74) is -0.0190. The van der Waals surface area contributed by atoms with Gasteiger partial charge in [0.25, 0.3) is 0 Å². The molecular weight excluding hydrogens is 214 g/mol. The van der Waals surface area contributed by atoms with Crippen LogP contribution in [-0.4, -0.2) is 12.4 Å². The molecule has 5 heteroatoms. The largest absolute Gasteiger partial charge is 0.434 e. The molecule has 0 aliphatic carbocycles. The van der Waals surface area contributed by atoms with E-state index in [9.17, 15) is 13.6 Å². The molecule has 0 saturated heterocycles. The minimum Gasteiger partial charge on any atom is -0.434 e. The summed E-state index contributed by atoms with van der Waals surface area (Å²) in [7, 11) is 0. The van der Waals surface area contributed by atoms with Gasteiger partial charge in [0.1, 0.15) is 5.75 Å². The number of carbonyl (C=O) groups is 1. The fraction of sp³-hybridized carbons (Fsp3) is 0.222. The van der Waals surface area contributed by atoms with E-state index in [2.05, 4.69) is 4.74 Å². The van der Waals surface area contributed by atoms with Gasteiger partial charge in [0, 0.05) is 0 Å². The second-order valence-corrected chi connectivity index (χ2v) is 2.95. The first-order chi connectivity index (χ1) is 6.52. The molecule has 1 aromatic carbocycles. The summed E-state index contributed by atoms with van der Waals surface area (Å²) < 4.78 is 28.0. The molecule has 0 N–H and O–H groups in total. The lowest BCUT2D eigenvalue weighted by molar-refractivity contribution is -0.0501. The van der Waals surface area contributed by atoms with Gasteiger partial charge in [0.05, 0.1) is 10.6 Å². The molecule has 0 spiro atoms. The molecule has 0 bridgehead atoms. The van der Waals surface area contributed by atoms with Gasteiger partial charge in [-0.15, -0.1) is 0 Å². The van der Waals surface area contributed by atoms with Crippen molar-refractivity contribution in [3.8, 4) is 5.75 Å². The number of carbonyl (C=O) groups excluding carboxylic acids is 1. The molecule has 1 rings (SSSR count). The van der Waals surface area contributed by atoms with Crippen molar-refractivity contribution >= 4 is 17.4 Å². The van der Waals surface area contributed by atoms with E-state index in [0.717, 1.165) is 0 Å². The van der Waals surface area contributed by atoms with Crippen LogP contribution in [0.1, 0.15) is 17.3 Å². The predicted octanol–water partition coefficient (Wildman–Crippen LogP) is 3.14. The fourth-order valence-corrected chi connectivity index (χ4v) is 1.34. The van der Waals surface area contributed by atoms with Crippen LogP contribution in [0.4, 0.5) is 8.78 Å². The van der Waals surface area contributed by atoms with E-state index in [1.807, 2.05) is 0 Å². The summed E-state index contributed by atoms with van der Waals surface area (Å²) >= 11 is 5.66. The summed E-state index contributed by atoms with van der Waals surface area (Å²) in [6, 6.07) is 4.15. The van der Waals surface area contributed by atoms with Crippen molar-refractivity contribution in [3.05, 3.63) is 28.8 Å². The van der Waals surface area contributed by atoms with Crippen LogP contribution in [0.25, 0.3) is 0 Å². The Labute approximate surface area is 84.4 Å². The van der Waals surface area contributed by atoms with E-state index in [1.54, 1.807) is 0 Å². The summed E-state index contributed by atoms with van der Waals surface area (Å²) in [6.45, 7) is -1.73. The van der Waals surface area contributed by atoms with E-state index < -0.39 is 12.4 Å². The van der Waals surface area contributed by atoms with Gasteiger partial charge in [-0.1, -0.05) is 17.7 Å². The highest BCUT2D eigenvalue weighted by Crippen LogP contribution is 2.27. The minimum atomic E-state index is -2.97. The molecule has 76 valence electrons. The number of Topliss-reactive ketones (excluding diaryl/α,β-unsaturated/α-hetero) is 1. The summed E-state index contributed by atoms with van der Waals surface area (Å²) in [6.07, 6.45) is 0. The third kappa shape index (κ3) is 2.42. The predicted molar refractivity (Wildman–Crippen MR) is 48.1 cm³/mol. The van der Waals surface area contributed by atoms with Crippen LogP contribution >= 0.6 is 11.6 Å². The number of ketones is 1. The normalized spacial score (nSPS) is 10.4. The Morgan fingerprint density at radius 3 is 2.64 bits per heavy atom. The lowest BCUT2D eigenvalue weighted by Crippen LogP contribution is -2.06. The number of hydrogen-bond acceptors (Lipinski definition) is 2. The fourth-order valence-electron chi connectivity index (χ4n) is 1.04. The molecular formula is C9H7ClF2O2. The van der Waals surface area contributed by atoms with Crippen LogP contribution in [0.3, 0.4) is 0 Å². The zero-order valence-corrected chi connectivity index (χ0v) is 8.02. The summed E-state index contributed by atoms with van der Waals surface area (Å²) in [4.78, 5) is 11.1. The van der Waals surface area contributed by atoms with Gasteiger partial charge in [-0.05, 0) is 19.1 Å². The Kier molecular flexibility index (Phi) is 3.41. The zero-order chi connectivity index (χ0) is 10.7. The lowest BCUT2D eigenvalue weighted by Gasteiger charge is -2.09. The molecule has 0 amide bonds. The van der Waals surface area contributed by atoms with Crippen molar-refractivity contribution in [1.82, 2.24) is 0 Å². The van der Waals surface area contributed by atoms with Gasteiger partial charge < -0.3 is 4.74 Å². The van der Waals surface area contributed by atoms with Crippen molar-refractivity contribution < 1.29 is 18.3 Å². The van der Waals surface area contributed by atoms with Crippen LogP contribution in [0.2, 0.25) is 5.02 Å². The Morgan fingerprint density at radius 2 is 2.14 bits per heavy atom. The maximum atomic E-state index is 11.9. The number of halogens is 3. The van der Waals surface area contributed by atoms with Crippen molar-refractivity contribution in [2.75, 3.05) is 0 Å². The van der Waals surface area contributed by atoms with Gasteiger partial charge in [0.2, 0.25) is 0 Å². The van der Waals surface area contributed by atoms with E-state index >= 15 is 0 Å². The highest BCUT2D eigenvalue weighted by molar-refractivity contribution is 6.34. The van der Waals surface area contributed by atoms with Gasteiger partial charge in [-0.25, -0.2) is 0 Å². The maximum absolute atomic E-state index is 11.9. The average molecular weight is 221 g/mol. The van der Waals surface area contributed by atoms with Gasteiger partial charge >= 0.3 is 6.61 Å². The first-order valence-electron chi connectivity index (χ1n) is 3.76. The van der Waals surface area contributed by atoms with Gasteiger partial charge in [0.15, 0.2) is 5.78 Å². The molecule has 0 aliphatic rings. The Bertz CT molecular complexity index is 353. The number of alkyl halides is 2. The van der Waals surface area contributed by atoms with Crippen LogP contribution < -0.4 is 4.74 Å². The SMILES string of the molecule is CC(=O)c1c(Cl)cccc1OC(F)F. The molecule has 0 unspecified atom stereocenters. The molecule has 0 atom stereocenters. The van der Waals surface area contributed by atoms with E-state index in [1.165, 1.54) is 25.1 Å². The Balaban J connectivity index is 3.14. The standard InChI is InChI=1S/C9H7ClF2O2/c1-5(13)8-6(10)3-2-4-7(8)14-9(11)12/h2-4,9H,1H3. The summed E-state index contributed by atoms with van der Waals surface area (Å²) in [5, 5.41) is 0.107. The molecule has 0 heterocycles. The second kappa shape index (κ2) is 4.37. The van der Waals surface area contributed by atoms with Crippen LogP contribution in [0.5, 0.6) is 5.75 Å². The minimum absolute atomic E-state index is 0.0190. The van der Waals surface area contributed by atoms with Crippen LogP contribution in [0.15, 0.2) is 18.2 Å². The van der Waals surface area contributed by atoms with Crippen LogP contribution in [0, 0.1) is 0 Å². The Hall–Kier alpha value is -1.16. The van der Waals surface area contributed by atoms with Gasteiger partial charge in [-0.2, -0.15) is 8.78 Å². The number of ether oxygens (including phenoxy) is 1. The highest BCUT2D eigenvalue weighted by Gasteiger charge is 2.15. The van der Waals surface area contributed by atoms with Gasteiger partial charge in [-0.3, -0.25) is 4.79 Å². The molecule has 0 radical (unpaired) electrons. The third-order valence-corrected chi connectivity index (χ3v) is 1.86. The molecule has 0 saturated carbocycles. The third-order valence-electron chi connectivity index (χ3n) is 1.54. The quantitative estimate of drug-likeness (QED) is 0.732. The van der Waals surface area contributed by atoms with Crippen LogP contribution in [-0.2, 0) is 0 Å². The smallest absolute Gasteiger partial charge is 0.387 e. The molecule has 0 aliphatic heterocycles. The molecule has 14 heavy (non-hydrogen) atoms. The highest BCUT2D eigenvalue weighted by atomic mass is 35.5. The second-order valence-electron chi connectivity index (χ2n) is 2.55. The first kappa shape index (κ1) is 10.9. The monoisotopic (exact) mass is 220 g/mol. The zero-order valence-electron chi connectivity index (χ0n) is 7.26. The number of benzene rings is 1. The maximum Gasteiger partial charge on any atom is 0.387 e. The molecule has 2 nitrogen and oxygen atoms in total. The van der Waals surface area contributed by atoms with E-state index in [0.29, 0.717) is 0 Å². The number of rotatable bonds is 3. The molecule has 0 aromatic heterocycles.